The van der Waals surface area contributed by atoms with Crippen LogP contribution in [0, 0.1) is 5.82 Å². The van der Waals surface area contributed by atoms with Crippen LogP contribution in [0.5, 0.6) is 0 Å². The second-order valence-electron chi connectivity index (χ2n) is 6.52. The van der Waals surface area contributed by atoms with Crippen molar-refractivity contribution in [1.29, 1.82) is 0 Å². The number of halogens is 1. The Balaban J connectivity index is 1.25. The van der Waals surface area contributed by atoms with Gasteiger partial charge in [-0.15, -0.1) is 10.2 Å². The van der Waals surface area contributed by atoms with Gasteiger partial charge in [-0.2, -0.15) is 0 Å². The zero-order valence-electron chi connectivity index (χ0n) is 16.3. The molecule has 2 N–H and O–H groups in total. The molecule has 158 valence electrons. The van der Waals surface area contributed by atoms with Crippen molar-refractivity contribution in [3.05, 3.63) is 60.2 Å². The van der Waals surface area contributed by atoms with Crippen LogP contribution in [0.2, 0.25) is 0 Å². The van der Waals surface area contributed by atoms with Gasteiger partial charge < -0.3 is 8.98 Å². The maximum absolute atomic E-state index is 13.0. The molecule has 0 aliphatic carbocycles. The molecule has 2 heterocycles. The van der Waals surface area contributed by atoms with Gasteiger partial charge in [0.2, 0.25) is 17.7 Å². The number of carbonyl (C=O) groups is 2. The van der Waals surface area contributed by atoms with Crippen molar-refractivity contribution in [2.45, 2.75) is 11.6 Å². The molecule has 11 heteroatoms. The van der Waals surface area contributed by atoms with Crippen LogP contribution in [-0.2, 0) is 23.1 Å². The van der Waals surface area contributed by atoms with Gasteiger partial charge in [0.1, 0.15) is 11.6 Å². The molecule has 2 aromatic heterocycles. The summed E-state index contributed by atoms with van der Waals surface area (Å²) in [4.78, 5) is 28.6. The summed E-state index contributed by atoms with van der Waals surface area (Å²) in [5.41, 5.74) is 7.00. The number of amides is 2. The van der Waals surface area contributed by atoms with E-state index >= 15 is 0 Å². The zero-order valence-corrected chi connectivity index (χ0v) is 17.1. The smallest absolute Gasteiger partial charge is 0.277 e. The van der Waals surface area contributed by atoms with Gasteiger partial charge in [0.25, 0.3) is 5.22 Å². The van der Waals surface area contributed by atoms with Gasteiger partial charge in [-0.25, -0.2) is 9.37 Å². The number of nitrogens with zero attached hydrogens (tertiary/aromatic N) is 4. The molecule has 9 nitrogen and oxygen atoms in total. The predicted molar refractivity (Wildman–Crippen MR) is 111 cm³/mol. The highest BCUT2D eigenvalue weighted by Gasteiger charge is 2.14. The Morgan fingerprint density at radius 3 is 2.58 bits per heavy atom. The van der Waals surface area contributed by atoms with Crippen molar-refractivity contribution < 1.29 is 18.4 Å². The first-order chi connectivity index (χ1) is 15.0. The van der Waals surface area contributed by atoms with Crippen LogP contribution in [0.3, 0.4) is 0 Å². The molecule has 0 aliphatic rings. The van der Waals surface area contributed by atoms with E-state index in [2.05, 4.69) is 26.0 Å². The molecule has 0 fully saturated rings. The quantitative estimate of drug-likeness (QED) is 0.349. The molecule has 2 aromatic carbocycles. The number of hydrazine groups is 1. The number of nitrogens with one attached hydrogen (secondary N) is 2. The number of benzene rings is 2. The van der Waals surface area contributed by atoms with Crippen LogP contribution in [0.25, 0.3) is 22.5 Å². The molecule has 0 radical (unpaired) electrons. The molecular formula is C20H17FN6O3S. The van der Waals surface area contributed by atoms with Gasteiger partial charge >= 0.3 is 0 Å². The third kappa shape index (κ3) is 4.89. The van der Waals surface area contributed by atoms with Crippen molar-refractivity contribution >= 4 is 34.6 Å². The van der Waals surface area contributed by atoms with E-state index in [1.165, 1.54) is 24.3 Å². The van der Waals surface area contributed by atoms with Crippen molar-refractivity contribution in [3.8, 4) is 11.5 Å². The topological polar surface area (TPSA) is 115 Å². The van der Waals surface area contributed by atoms with E-state index in [1.807, 2.05) is 35.9 Å². The van der Waals surface area contributed by atoms with E-state index in [0.29, 0.717) is 11.4 Å². The third-order valence-corrected chi connectivity index (χ3v) is 5.18. The molecule has 2 amide bonds. The number of hydrogen-bond acceptors (Lipinski definition) is 7. The molecular weight excluding hydrogens is 423 g/mol. The third-order valence-electron chi connectivity index (χ3n) is 4.36. The van der Waals surface area contributed by atoms with E-state index in [9.17, 15) is 14.0 Å². The van der Waals surface area contributed by atoms with Crippen LogP contribution < -0.4 is 10.9 Å². The number of hydrogen-bond donors (Lipinski definition) is 2. The molecule has 0 aliphatic heterocycles. The van der Waals surface area contributed by atoms with Gasteiger partial charge in [-0.3, -0.25) is 20.4 Å². The number of thioether (sulfide) groups is 1. The highest BCUT2D eigenvalue weighted by molar-refractivity contribution is 7.99. The fourth-order valence-corrected chi connectivity index (χ4v) is 3.38. The van der Waals surface area contributed by atoms with Crippen molar-refractivity contribution in [2.24, 2.45) is 7.05 Å². The Hall–Kier alpha value is -3.73. The second-order valence-corrected chi connectivity index (χ2v) is 7.44. The minimum atomic E-state index is -0.440. The van der Waals surface area contributed by atoms with Crippen LogP contribution in [0.4, 0.5) is 4.39 Å². The monoisotopic (exact) mass is 440 g/mol. The lowest BCUT2D eigenvalue weighted by Gasteiger charge is -2.06. The standard InChI is InChI=1S/C20H17FN6O3S/c1-27-15-5-3-2-4-14(15)22-16(27)10-17(28)23-24-18(29)11-31-20-26-25-19(30-20)12-6-8-13(21)9-7-12/h2-9H,10-11H2,1H3,(H,23,28)(H,24,29). The number of rotatable bonds is 6. The summed E-state index contributed by atoms with van der Waals surface area (Å²) >= 11 is 1.01. The van der Waals surface area contributed by atoms with Crippen molar-refractivity contribution in [3.63, 3.8) is 0 Å². The molecule has 0 bridgehead atoms. The maximum atomic E-state index is 13.0. The summed E-state index contributed by atoms with van der Waals surface area (Å²) in [6.45, 7) is 0. The Bertz CT molecular complexity index is 1240. The van der Waals surface area contributed by atoms with E-state index in [4.69, 9.17) is 4.42 Å². The summed E-state index contributed by atoms with van der Waals surface area (Å²) in [5.74, 6) is -0.441. The van der Waals surface area contributed by atoms with E-state index in [1.54, 1.807) is 0 Å². The highest BCUT2D eigenvalue weighted by Crippen LogP contribution is 2.23. The van der Waals surface area contributed by atoms with E-state index in [0.717, 1.165) is 22.8 Å². The van der Waals surface area contributed by atoms with Gasteiger partial charge in [0.05, 0.1) is 23.2 Å². The average Bonchev–Trinajstić information content (AvgIpc) is 3.37. The number of imidazole rings is 1. The number of carbonyl (C=O) groups excluding carboxylic acids is 2. The Morgan fingerprint density at radius 2 is 1.81 bits per heavy atom. The van der Waals surface area contributed by atoms with Crippen molar-refractivity contribution in [1.82, 2.24) is 30.6 Å². The average molecular weight is 440 g/mol. The molecule has 0 unspecified atom stereocenters. The first-order valence-electron chi connectivity index (χ1n) is 9.20. The minimum absolute atomic E-state index is 0.0172. The second kappa shape index (κ2) is 8.96. The molecule has 4 aromatic rings. The SMILES string of the molecule is Cn1c(CC(=O)NNC(=O)CSc2nnc(-c3ccc(F)cc3)o2)nc2ccccc21. The number of fused-ring (bicyclic) bond motifs is 1. The lowest BCUT2D eigenvalue weighted by Crippen LogP contribution is -2.43. The summed E-state index contributed by atoms with van der Waals surface area (Å²) in [6.07, 6.45) is 0.0172. The van der Waals surface area contributed by atoms with Crippen LogP contribution in [0.15, 0.2) is 58.2 Å². The first-order valence-corrected chi connectivity index (χ1v) is 10.2. The van der Waals surface area contributed by atoms with Gasteiger partial charge in [-0.05, 0) is 36.4 Å². The predicted octanol–water partition coefficient (Wildman–Crippen LogP) is 2.24. The normalized spacial score (nSPS) is 10.9. The van der Waals surface area contributed by atoms with Crippen LogP contribution in [0.1, 0.15) is 5.82 Å². The van der Waals surface area contributed by atoms with E-state index < -0.39 is 11.8 Å². The molecule has 0 saturated carbocycles. The summed E-state index contributed by atoms with van der Waals surface area (Å²) in [7, 11) is 1.83. The Kier molecular flexibility index (Phi) is 5.94. The number of aromatic nitrogens is 4. The fraction of sp³-hybridized carbons (Fsp3) is 0.150. The van der Waals surface area contributed by atoms with Crippen LogP contribution in [-0.4, -0.2) is 37.3 Å². The molecule has 0 atom stereocenters. The minimum Gasteiger partial charge on any atom is -0.411 e. The molecule has 0 spiro atoms. The summed E-state index contributed by atoms with van der Waals surface area (Å²) < 4.78 is 20.3. The lowest BCUT2D eigenvalue weighted by molar-refractivity contribution is -0.127. The zero-order chi connectivity index (χ0) is 21.8. The lowest BCUT2D eigenvalue weighted by atomic mass is 10.2. The van der Waals surface area contributed by atoms with Gasteiger partial charge in [-0.1, -0.05) is 23.9 Å². The number of para-hydroxylation sites is 2. The van der Waals surface area contributed by atoms with E-state index in [-0.39, 0.29) is 29.1 Å². The van der Waals surface area contributed by atoms with Gasteiger partial charge in [0.15, 0.2) is 0 Å². The Labute approximate surface area is 180 Å². The summed E-state index contributed by atoms with van der Waals surface area (Å²) in [5, 5.41) is 7.89. The van der Waals surface area contributed by atoms with Crippen molar-refractivity contribution in [2.75, 3.05) is 5.75 Å². The van der Waals surface area contributed by atoms with Crippen LogP contribution >= 0.6 is 11.8 Å². The molecule has 31 heavy (non-hydrogen) atoms. The Morgan fingerprint density at radius 1 is 1.06 bits per heavy atom. The summed E-state index contributed by atoms with van der Waals surface area (Å²) in [6, 6.07) is 13.2. The molecule has 4 rings (SSSR count). The fourth-order valence-electron chi connectivity index (χ4n) is 2.82. The maximum Gasteiger partial charge on any atom is 0.277 e. The first kappa shape index (κ1) is 20.5. The number of aryl methyl sites for hydroxylation is 1. The van der Waals surface area contributed by atoms with Gasteiger partial charge in [0, 0.05) is 12.6 Å². The largest absolute Gasteiger partial charge is 0.411 e. The highest BCUT2D eigenvalue weighted by atomic mass is 32.2. The molecule has 0 saturated heterocycles.